The van der Waals surface area contributed by atoms with E-state index in [2.05, 4.69) is 16.0 Å². The van der Waals surface area contributed by atoms with Gasteiger partial charge in [0, 0.05) is 6.54 Å². The smallest absolute Gasteiger partial charge is 0.242 e. The maximum absolute atomic E-state index is 12.2. The quantitative estimate of drug-likeness (QED) is 0.142. The molecule has 0 bridgehead atoms. The highest BCUT2D eigenvalue weighted by Gasteiger charge is 2.22. The molecule has 2 amide bonds. The van der Waals surface area contributed by atoms with E-state index in [1.165, 1.54) is 0 Å². The van der Waals surface area contributed by atoms with Crippen molar-refractivity contribution in [1.29, 1.82) is 0 Å². The molecule has 0 saturated heterocycles. The summed E-state index contributed by atoms with van der Waals surface area (Å²) in [5.74, 6) is -0.526. The fourth-order valence-electron chi connectivity index (χ4n) is 2.21. The number of aliphatic hydroxyl groups is 1. The number of aliphatic hydroxyl groups excluding tert-OH is 1. The molecule has 0 fully saturated rings. The van der Waals surface area contributed by atoms with Crippen LogP contribution in [0, 0.1) is 0 Å². The van der Waals surface area contributed by atoms with Gasteiger partial charge >= 0.3 is 0 Å². The number of unbranched alkanes of at least 4 members (excludes halogenated alkanes) is 2. The molecule has 0 saturated carbocycles. The average Bonchev–Trinajstić information content (AvgIpc) is 2.53. The van der Waals surface area contributed by atoms with Crippen LogP contribution in [0.1, 0.15) is 45.4 Å². The molecule has 0 rings (SSSR count). The third kappa shape index (κ3) is 11.3. The normalized spacial score (nSPS) is 14.7. The molecule has 3 atom stereocenters. The number of nitrogens with two attached hydrogens (primary N) is 3. The molecule has 3 unspecified atom stereocenters. The zero-order valence-corrected chi connectivity index (χ0v) is 14.6. The molecule has 0 radical (unpaired) electrons. The van der Waals surface area contributed by atoms with E-state index >= 15 is 0 Å². The van der Waals surface area contributed by atoms with Crippen LogP contribution in [0.5, 0.6) is 0 Å². The van der Waals surface area contributed by atoms with Crippen LogP contribution in [0.25, 0.3) is 0 Å². The van der Waals surface area contributed by atoms with E-state index in [9.17, 15) is 9.59 Å². The van der Waals surface area contributed by atoms with Crippen molar-refractivity contribution in [2.24, 2.45) is 17.2 Å². The van der Waals surface area contributed by atoms with Gasteiger partial charge in [0.1, 0.15) is 6.04 Å². The van der Waals surface area contributed by atoms with Crippen molar-refractivity contribution in [3.63, 3.8) is 0 Å². The molecule has 9 nitrogen and oxygen atoms in total. The van der Waals surface area contributed by atoms with Crippen LogP contribution in [0.15, 0.2) is 0 Å². The molecule has 9 heteroatoms. The molecule has 0 aromatic rings. The predicted octanol–water partition coefficient (Wildman–Crippen LogP) is -1.94. The van der Waals surface area contributed by atoms with Crippen LogP contribution in [-0.4, -0.2) is 55.0 Å². The first-order valence-corrected chi connectivity index (χ1v) is 8.63. The second kappa shape index (κ2) is 14.1. The second-order valence-electron chi connectivity index (χ2n) is 5.74. The first-order valence-electron chi connectivity index (χ1n) is 8.63. The third-order valence-corrected chi connectivity index (χ3v) is 3.56. The van der Waals surface area contributed by atoms with Gasteiger partial charge in [-0.2, -0.15) is 0 Å². The lowest BCUT2D eigenvalue weighted by Crippen LogP contribution is -2.51. The molecule has 10 N–H and O–H groups in total. The number of amides is 2. The lowest BCUT2D eigenvalue weighted by Gasteiger charge is -2.20. The molecular formula is C15H34N6O3. The minimum atomic E-state index is -1.03. The minimum absolute atomic E-state index is 0.198. The fourth-order valence-corrected chi connectivity index (χ4v) is 2.21. The lowest BCUT2D eigenvalue weighted by molar-refractivity contribution is -0.129. The van der Waals surface area contributed by atoms with Crippen molar-refractivity contribution in [3.8, 4) is 0 Å². The molecule has 0 aliphatic rings. The van der Waals surface area contributed by atoms with Crippen LogP contribution >= 0.6 is 0 Å². The molecule has 142 valence electrons. The Balaban J connectivity index is 4.23. The Kier molecular flexibility index (Phi) is 13.4. The molecule has 0 aliphatic carbocycles. The highest BCUT2D eigenvalue weighted by Crippen LogP contribution is 2.04. The number of nitrogens with one attached hydrogen (secondary N) is 3. The van der Waals surface area contributed by atoms with Gasteiger partial charge in [0.25, 0.3) is 0 Å². The molecule has 0 heterocycles. The van der Waals surface area contributed by atoms with Crippen molar-refractivity contribution < 1.29 is 14.7 Å². The SMILES string of the molecule is CCNC(=O)C(CCCCN)NC(=O)C(N)CCCCNC(N)O. The molecule has 0 aromatic heterocycles. The summed E-state index contributed by atoms with van der Waals surface area (Å²) in [5.41, 5.74) is 16.5. The first kappa shape index (κ1) is 22.7. The van der Waals surface area contributed by atoms with Gasteiger partial charge in [-0.3, -0.25) is 20.6 Å². The maximum atomic E-state index is 12.2. The first-order chi connectivity index (χ1) is 11.4. The van der Waals surface area contributed by atoms with Crippen LogP contribution in [-0.2, 0) is 9.59 Å². The van der Waals surface area contributed by atoms with E-state index in [1.54, 1.807) is 0 Å². The Hall–Kier alpha value is -1.26. The van der Waals surface area contributed by atoms with E-state index in [0.717, 1.165) is 19.3 Å². The molecule has 0 aliphatic heterocycles. The Morgan fingerprint density at radius 3 is 2.29 bits per heavy atom. The highest BCUT2D eigenvalue weighted by atomic mass is 16.3. The molecule has 24 heavy (non-hydrogen) atoms. The third-order valence-electron chi connectivity index (χ3n) is 3.56. The van der Waals surface area contributed by atoms with Gasteiger partial charge < -0.3 is 27.2 Å². The van der Waals surface area contributed by atoms with Gasteiger partial charge in [0.2, 0.25) is 11.8 Å². The van der Waals surface area contributed by atoms with E-state index in [1.807, 2.05) is 6.92 Å². The lowest BCUT2D eigenvalue weighted by atomic mass is 10.1. The summed E-state index contributed by atoms with van der Waals surface area (Å²) in [4.78, 5) is 24.2. The summed E-state index contributed by atoms with van der Waals surface area (Å²) in [5, 5.41) is 17.0. The summed E-state index contributed by atoms with van der Waals surface area (Å²) in [6.07, 6.45) is 3.03. The van der Waals surface area contributed by atoms with E-state index in [4.69, 9.17) is 22.3 Å². The maximum Gasteiger partial charge on any atom is 0.242 e. The summed E-state index contributed by atoms with van der Waals surface area (Å²) in [6, 6.07) is -1.25. The highest BCUT2D eigenvalue weighted by molar-refractivity contribution is 5.89. The second-order valence-corrected chi connectivity index (χ2v) is 5.74. The summed E-state index contributed by atoms with van der Waals surface area (Å²) in [7, 11) is 0. The standard InChI is InChI=1S/C15H34N6O3/c1-2-19-14(23)12(8-3-5-9-16)21-13(22)11(17)7-4-6-10-20-15(18)24/h11-12,15,20,24H,2-10,16-18H2,1H3,(H,19,23)(H,21,22). The summed E-state index contributed by atoms with van der Waals surface area (Å²) < 4.78 is 0. The Labute approximate surface area is 144 Å². The fraction of sp³-hybridized carbons (Fsp3) is 0.867. The van der Waals surface area contributed by atoms with E-state index in [-0.39, 0.29) is 11.8 Å². The van der Waals surface area contributed by atoms with Crippen LogP contribution in [0.4, 0.5) is 0 Å². The van der Waals surface area contributed by atoms with Gasteiger partial charge in [0.05, 0.1) is 6.04 Å². The topological polar surface area (TPSA) is 169 Å². The summed E-state index contributed by atoms with van der Waals surface area (Å²) >= 11 is 0. The van der Waals surface area contributed by atoms with Crippen molar-refractivity contribution in [2.45, 2.75) is 63.9 Å². The molecular weight excluding hydrogens is 312 g/mol. The van der Waals surface area contributed by atoms with Crippen LogP contribution < -0.4 is 33.2 Å². The predicted molar refractivity (Wildman–Crippen MR) is 93.5 cm³/mol. The van der Waals surface area contributed by atoms with E-state index in [0.29, 0.717) is 38.9 Å². The van der Waals surface area contributed by atoms with Crippen molar-refractivity contribution in [1.82, 2.24) is 16.0 Å². The van der Waals surface area contributed by atoms with Crippen LogP contribution in [0.3, 0.4) is 0 Å². The zero-order chi connectivity index (χ0) is 18.4. The molecule has 0 spiro atoms. The van der Waals surface area contributed by atoms with Gasteiger partial charge in [-0.05, 0) is 52.1 Å². The summed E-state index contributed by atoms with van der Waals surface area (Å²) in [6.45, 7) is 3.44. The van der Waals surface area contributed by atoms with Gasteiger partial charge in [-0.25, -0.2) is 0 Å². The largest absolute Gasteiger partial charge is 0.366 e. The Morgan fingerprint density at radius 2 is 1.71 bits per heavy atom. The van der Waals surface area contributed by atoms with E-state index < -0.39 is 18.4 Å². The number of hydrogen-bond donors (Lipinski definition) is 7. The monoisotopic (exact) mass is 346 g/mol. The number of carbonyl (C=O) groups excluding carboxylic acids is 2. The number of likely N-dealkylation sites (N-methyl/N-ethyl adjacent to an activating group) is 1. The van der Waals surface area contributed by atoms with Crippen LogP contribution in [0.2, 0.25) is 0 Å². The average molecular weight is 346 g/mol. The van der Waals surface area contributed by atoms with Gasteiger partial charge in [-0.1, -0.05) is 6.42 Å². The number of rotatable bonds is 14. The minimum Gasteiger partial charge on any atom is -0.366 e. The Morgan fingerprint density at radius 1 is 1.04 bits per heavy atom. The number of carbonyl (C=O) groups is 2. The van der Waals surface area contributed by atoms with Gasteiger partial charge in [0.15, 0.2) is 6.35 Å². The number of hydrogen-bond acceptors (Lipinski definition) is 7. The Bertz CT molecular complexity index is 354. The van der Waals surface area contributed by atoms with Crippen molar-refractivity contribution in [3.05, 3.63) is 0 Å². The zero-order valence-electron chi connectivity index (χ0n) is 14.6. The van der Waals surface area contributed by atoms with Gasteiger partial charge in [-0.15, -0.1) is 0 Å². The molecule has 0 aromatic carbocycles. The van der Waals surface area contributed by atoms with Crippen molar-refractivity contribution >= 4 is 11.8 Å². The van der Waals surface area contributed by atoms with Crippen molar-refractivity contribution in [2.75, 3.05) is 19.6 Å².